The third kappa shape index (κ3) is 4.51. The SMILES string of the molecule is CCC(C)(C)N(C)C(C)C(=O)Nc1cccc(C(N)=S)c1. The van der Waals surface area contributed by atoms with Gasteiger partial charge in [-0.1, -0.05) is 31.3 Å². The molecule has 4 nitrogen and oxygen atoms in total. The molecule has 0 saturated carbocycles. The van der Waals surface area contributed by atoms with Crippen molar-refractivity contribution in [1.82, 2.24) is 4.90 Å². The third-order valence-corrected chi connectivity index (χ3v) is 4.43. The first kappa shape index (κ1) is 17.6. The molecule has 0 aromatic heterocycles. The lowest BCUT2D eigenvalue weighted by Gasteiger charge is -2.38. The van der Waals surface area contributed by atoms with Crippen LogP contribution < -0.4 is 11.1 Å². The highest BCUT2D eigenvalue weighted by Crippen LogP contribution is 2.20. The van der Waals surface area contributed by atoms with Crippen LogP contribution in [-0.4, -0.2) is 34.4 Å². The minimum atomic E-state index is -0.228. The van der Waals surface area contributed by atoms with Gasteiger partial charge in [-0.2, -0.15) is 0 Å². The van der Waals surface area contributed by atoms with Crippen molar-refractivity contribution >= 4 is 28.8 Å². The Morgan fingerprint density at radius 2 is 2.10 bits per heavy atom. The molecule has 0 aliphatic heterocycles. The largest absolute Gasteiger partial charge is 0.389 e. The second kappa shape index (κ2) is 7.00. The van der Waals surface area contributed by atoms with Crippen LogP contribution in [0, 0.1) is 0 Å². The number of carbonyl (C=O) groups is 1. The van der Waals surface area contributed by atoms with E-state index in [1.165, 1.54) is 0 Å². The fourth-order valence-corrected chi connectivity index (χ4v) is 2.07. The molecule has 0 saturated heterocycles. The summed E-state index contributed by atoms with van der Waals surface area (Å²) >= 11 is 4.95. The van der Waals surface area contributed by atoms with Crippen LogP contribution in [-0.2, 0) is 4.79 Å². The molecular weight excluding hydrogens is 282 g/mol. The van der Waals surface area contributed by atoms with Crippen LogP contribution in [0.4, 0.5) is 5.69 Å². The molecule has 3 N–H and O–H groups in total. The minimum Gasteiger partial charge on any atom is -0.389 e. The smallest absolute Gasteiger partial charge is 0.241 e. The Labute approximate surface area is 132 Å². The van der Waals surface area contributed by atoms with Crippen molar-refractivity contribution in [1.29, 1.82) is 0 Å². The Bertz CT molecular complexity index is 528. The van der Waals surface area contributed by atoms with Crippen molar-refractivity contribution in [3.05, 3.63) is 29.8 Å². The van der Waals surface area contributed by atoms with Gasteiger partial charge >= 0.3 is 0 Å². The molecule has 5 heteroatoms. The van der Waals surface area contributed by atoms with Gasteiger partial charge in [0.2, 0.25) is 5.91 Å². The molecule has 0 radical (unpaired) electrons. The fourth-order valence-electron chi connectivity index (χ4n) is 1.95. The van der Waals surface area contributed by atoms with Crippen LogP contribution in [0.1, 0.15) is 39.7 Å². The average molecular weight is 307 g/mol. The molecule has 0 aliphatic carbocycles. The van der Waals surface area contributed by atoms with Gasteiger partial charge in [0.05, 0.1) is 6.04 Å². The van der Waals surface area contributed by atoms with Gasteiger partial charge in [0.1, 0.15) is 4.99 Å². The maximum absolute atomic E-state index is 12.4. The Morgan fingerprint density at radius 3 is 2.62 bits per heavy atom. The van der Waals surface area contributed by atoms with E-state index in [2.05, 4.69) is 31.0 Å². The molecule has 0 fully saturated rings. The Hall–Kier alpha value is -1.46. The molecule has 0 aliphatic rings. The van der Waals surface area contributed by atoms with E-state index in [9.17, 15) is 4.79 Å². The van der Waals surface area contributed by atoms with Crippen LogP contribution >= 0.6 is 12.2 Å². The maximum Gasteiger partial charge on any atom is 0.241 e. The summed E-state index contributed by atoms with van der Waals surface area (Å²) in [5.74, 6) is -0.0425. The minimum absolute atomic E-state index is 0.0303. The molecule has 116 valence electrons. The normalized spacial score (nSPS) is 13.0. The van der Waals surface area contributed by atoms with Gasteiger partial charge in [-0.25, -0.2) is 0 Å². The zero-order valence-electron chi connectivity index (χ0n) is 13.4. The van der Waals surface area contributed by atoms with Gasteiger partial charge in [0.15, 0.2) is 0 Å². The summed E-state index contributed by atoms with van der Waals surface area (Å²) in [6, 6.07) is 7.05. The zero-order chi connectivity index (χ0) is 16.2. The molecule has 1 amide bonds. The summed E-state index contributed by atoms with van der Waals surface area (Å²) in [5, 5.41) is 2.92. The molecule has 1 aromatic rings. The van der Waals surface area contributed by atoms with Crippen molar-refractivity contribution in [3.63, 3.8) is 0 Å². The number of nitrogens with two attached hydrogens (primary N) is 1. The summed E-state index contributed by atoms with van der Waals surface area (Å²) in [7, 11) is 1.97. The topological polar surface area (TPSA) is 58.4 Å². The monoisotopic (exact) mass is 307 g/mol. The standard InChI is InChI=1S/C16H25N3OS/c1-6-16(3,4)19(5)11(2)15(20)18-13-9-7-8-12(10-13)14(17)21/h7-11H,6H2,1-5H3,(H2,17,21)(H,18,20). The van der Waals surface area contributed by atoms with Crippen molar-refractivity contribution < 1.29 is 4.79 Å². The van der Waals surface area contributed by atoms with Gasteiger partial charge in [0.25, 0.3) is 0 Å². The lowest BCUT2D eigenvalue weighted by Crippen LogP contribution is -2.50. The summed E-state index contributed by atoms with van der Waals surface area (Å²) in [6.45, 7) is 8.28. The third-order valence-electron chi connectivity index (χ3n) is 4.20. The van der Waals surface area contributed by atoms with Crippen molar-refractivity contribution in [2.45, 2.75) is 45.7 Å². The average Bonchev–Trinajstić information content (AvgIpc) is 2.45. The van der Waals surface area contributed by atoms with Crippen molar-refractivity contribution in [2.24, 2.45) is 5.73 Å². The lowest BCUT2D eigenvalue weighted by molar-refractivity contribution is -0.122. The highest BCUT2D eigenvalue weighted by molar-refractivity contribution is 7.80. The van der Waals surface area contributed by atoms with Crippen molar-refractivity contribution in [2.75, 3.05) is 12.4 Å². The molecule has 0 bridgehead atoms. The van der Waals surface area contributed by atoms with Crippen LogP contribution in [0.3, 0.4) is 0 Å². The van der Waals surface area contributed by atoms with E-state index in [-0.39, 0.29) is 17.5 Å². The van der Waals surface area contributed by atoms with Gasteiger partial charge in [0, 0.05) is 16.8 Å². The quantitative estimate of drug-likeness (QED) is 0.794. The van der Waals surface area contributed by atoms with E-state index < -0.39 is 0 Å². The molecule has 1 rings (SSSR count). The Morgan fingerprint density at radius 1 is 1.48 bits per heavy atom. The Kier molecular flexibility index (Phi) is 5.87. The van der Waals surface area contributed by atoms with Crippen molar-refractivity contribution in [3.8, 4) is 0 Å². The number of thiocarbonyl (C=S) groups is 1. The molecule has 0 heterocycles. The molecule has 1 aromatic carbocycles. The zero-order valence-corrected chi connectivity index (χ0v) is 14.3. The summed E-state index contributed by atoms with van der Waals surface area (Å²) in [4.78, 5) is 14.8. The van der Waals surface area contributed by atoms with Gasteiger partial charge in [-0.15, -0.1) is 0 Å². The summed E-state index contributed by atoms with van der Waals surface area (Å²) in [5.41, 5.74) is 7.03. The number of hydrogen-bond donors (Lipinski definition) is 2. The number of nitrogens with zero attached hydrogens (tertiary/aromatic N) is 1. The first-order valence-corrected chi connectivity index (χ1v) is 7.53. The Balaban J connectivity index is 2.81. The molecular formula is C16H25N3OS. The van der Waals surface area contributed by atoms with Crippen LogP contribution in [0.5, 0.6) is 0 Å². The summed E-state index contributed by atoms with van der Waals surface area (Å²) in [6.07, 6.45) is 0.970. The number of amides is 1. The number of benzene rings is 1. The van der Waals surface area contributed by atoms with E-state index >= 15 is 0 Å². The fraction of sp³-hybridized carbons (Fsp3) is 0.500. The van der Waals surface area contributed by atoms with Gasteiger partial charge in [-0.3, -0.25) is 9.69 Å². The second-order valence-corrected chi connectivity index (χ2v) is 6.33. The number of nitrogens with one attached hydrogen (secondary N) is 1. The van der Waals surface area contributed by atoms with E-state index in [1.807, 2.05) is 32.2 Å². The molecule has 21 heavy (non-hydrogen) atoms. The molecule has 1 unspecified atom stereocenters. The van der Waals surface area contributed by atoms with E-state index in [0.29, 0.717) is 10.7 Å². The number of anilines is 1. The van der Waals surface area contributed by atoms with E-state index in [1.54, 1.807) is 6.07 Å². The van der Waals surface area contributed by atoms with Crippen LogP contribution in [0.15, 0.2) is 24.3 Å². The van der Waals surface area contributed by atoms with E-state index in [4.69, 9.17) is 18.0 Å². The predicted octanol–water partition coefficient (Wildman–Crippen LogP) is 2.77. The second-order valence-electron chi connectivity index (χ2n) is 5.89. The lowest BCUT2D eigenvalue weighted by atomic mass is 9.98. The molecule has 1 atom stereocenters. The van der Waals surface area contributed by atoms with Gasteiger partial charge < -0.3 is 11.1 Å². The number of likely N-dealkylation sites (N-methyl/N-ethyl adjacent to an activating group) is 1. The van der Waals surface area contributed by atoms with Crippen LogP contribution in [0.25, 0.3) is 0 Å². The first-order valence-electron chi connectivity index (χ1n) is 7.12. The summed E-state index contributed by atoms with van der Waals surface area (Å²) < 4.78 is 0. The highest BCUT2D eigenvalue weighted by Gasteiger charge is 2.29. The van der Waals surface area contributed by atoms with E-state index in [0.717, 1.165) is 12.0 Å². The number of hydrogen-bond acceptors (Lipinski definition) is 3. The first-order chi connectivity index (χ1) is 9.69. The molecule has 0 spiro atoms. The van der Waals surface area contributed by atoms with Gasteiger partial charge in [-0.05, 0) is 46.4 Å². The maximum atomic E-state index is 12.4. The number of rotatable bonds is 6. The predicted molar refractivity (Wildman–Crippen MR) is 92.6 cm³/mol. The highest BCUT2D eigenvalue weighted by atomic mass is 32.1. The number of carbonyl (C=O) groups excluding carboxylic acids is 1. The van der Waals surface area contributed by atoms with Crippen LogP contribution in [0.2, 0.25) is 0 Å².